The van der Waals surface area contributed by atoms with E-state index in [1.54, 1.807) is 19.1 Å². The molecule has 0 aliphatic carbocycles. The Morgan fingerprint density at radius 2 is 1.28 bits per heavy atom. The van der Waals surface area contributed by atoms with Crippen LogP contribution in [0.5, 0.6) is 5.75 Å². The summed E-state index contributed by atoms with van der Waals surface area (Å²) >= 11 is 0. The van der Waals surface area contributed by atoms with E-state index in [1.807, 2.05) is 84.9 Å². The van der Waals surface area contributed by atoms with Crippen LogP contribution in [-0.4, -0.2) is 20.1 Å². The molecule has 0 fully saturated rings. The summed E-state index contributed by atoms with van der Waals surface area (Å²) in [5.74, 6) is 0.317. The first kappa shape index (κ1) is 16.8. The predicted octanol–water partition coefficient (Wildman–Crippen LogP) is 4.49. The van der Waals surface area contributed by atoms with Crippen molar-refractivity contribution in [3.8, 4) is 5.75 Å². The third-order valence-corrected chi connectivity index (χ3v) is 4.29. The van der Waals surface area contributed by atoms with Gasteiger partial charge in [0.1, 0.15) is 5.75 Å². The molecule has 3 aromatic carbocycles. The summed E-state index contributed by atoms with van der Waals surface area (Å²) in [6, 6.07) is 27.3. The van der Waals surface area contributed by atoms with Crippen LogP contribution in [-0.2, 0) is 4.79 Å². The number of methoxy groups -OCH3 is 1. The molecule has 0 aromatic heterocycles. The Labute approximate surface area is 148 Å². The normalized spacial score (nSPS) is 10.5. The molecule has 0 unspecified atom stereocenters. The zero-order valence-corrected chi connectivity index (χ0v) is 14.4. The molecule has 0 heterocycles. The number of likely N-dealkylation sites (N-methyl/N-ethyl adjacent to an activating group) is 1. The number of hydrogen-bond acceptors (Lipinski definition) is 2. The molecule has 1 amide bonds. The Bertz CT molecular complexity index is 791. The average Bonchev–Trinajstić information content (AvgIpc) is 2.69. The van der Waals surface area contributed by atoms with Crippen molar-refractivity contribution in [3.63, 3.8) is 0 Å². The largest absolute Gasteiger partial charge is 0.495 e. The second-order valence-corrected chi connectivity index (χ2v) is 5.82. The van der Waals surface area contributed by atoms with Crippen molar-refractivity contribution in [2.75, 3.05) is 19.1 Å². The zero-order valence-electron chi connectivity index (χ0n) is 14.4. The van der Waals surface area contributed by atoms with Gasteiger partial charge in [0.2, 0.25) is 5.91 Å². The van der Waals surface area contributed by atoms with E-state index < -0.39 is 0 Å². The molecule has 3 nitrogen and oxygen atoms in total. The highest BCUT2D eigenvalue weighted by Gasteiger charge is 2.27. The molecule has 0 atom stereocenters. The fraction of sp³-hybridized carbons (Fsp3) is 0.136. The van der Waals surface area contributed by atoms with Crippen LogP contribution in [0.2, 0.25) is 0 Å². The third kappa shape index (κ3) is 3.56. The summed E-state index contributed by atoms with van der Waals surface area (Å²) in [5.41, 5.74) is 2.70. The number of ether oxygens (including phenoxy) is 1. The summed E-state index contributed by atoms with van der Waals surface area (Å²) in [4.78, 5) is 15.1. The molecule has 25 heavy (non-hydrogen) atoms. The van der Waals surface area contributed by atoms with Crippen molar-refractivity contribution in [1.29, 1.82) is 0 Å². The number of carbonyl (C=O) groups is 1. The standard InChI is InChI=1S/C22H21NO2/c1-23(19-15-9-10-16-20(19)25-2)22(24)21(17-11-5-3-6-12-17)18-13-7-4-8-14-18/h3-16,21H,1-2H3. The van der Waals surface area contributed by atoms with E-state index in [2.05, 4.69) is 0 Å². The fourth-order valence-corrected chi connectivity index (χ4v) is 2.99. The van der Waals surface area contributed by atoms with Crippen LogP contribution in [0, 0.1) is 0 Å². The zero-order chi connectivity index (χ0) is 17.6. The lowest BCUT2D eigenvalue weighted by molar-refractivity contribution is -0.118. The van der Waals surface area contributed by atoms with Crippen molar-refractivity contribution in [2.45, 2.75) is 5.92 Å². The van der Waals surface area contributed by atoms with Crippen LogP contribution < -0.4 is 9.64 Å². The van der Waals surface area contributed by atoms with Crippen molar-refractivity contribution in [3.05, 3.63) is 96.1 Å². The van der Waals surface area contributed by atoms with Gasteiger partial charge in [0, 0.05) is 7.05 Å². The van der Waals surface area contributed by atoms with E-state index in [9.17, 15) is 4.79 Å². The molecular formula is C22H21NO2. The number of carbonyl (C=O) groups excluding carboxylic acids is 1. The van der Waals surface area contributed by atoms with Gasteiger partial charge in [0.05, 0.1) is 18.7 Å². The number of amides is 1. The highest BCUT2D eigenvalue weighted by atomic mass is 16.5. The first-order chi connectivity index (χ1) is 12.2. The molecule has 3 heteroatoms. The molecule has 3 aromatic rings. The molecule has 0 saturated heterocycles. The molecular weight excluding hydrogens is 310 g/mol. The van der Waals surface area contributed by atoms with E-state index in [0.717, 1.165) is 16.8 Å². The number of hydrogen-bond donors (Lipinski definition) is 0. The van der Waals surface area contributed by atoms with Gasteiger partial charge < -0.3 is 9.64 Å². The number of para-hydroxylation sites is 2. The second kappa shape index (κ2) is 7.67. The van der Waals surface area contributed by atoms with Gasteiger partial charge in [-0.05, 0) is 23.3 Å². The molecule has 0 N–H and O–H groups in total. The Morgan fingerprint density at radius 1 is 0.800 bits per heavy atom. The van der Waals surface area contributed by atoms with Gasteiger partial charge in [0.15, 0.2) is 0 Å². The average molecular weight is 331 g/mol. The van der Waals surface area contributed by atoms with E-state index in [4.69, 9.17) is 4.74 Å². The van der Waals surface area contributed by atoms with Crippen LogP contribution in [0.1, 0.15) is 17.0 Å². The summed E-state index contributed by atoms with van der Waals surface area (Å²) in [6.45, 7) is 0. The van der Waals surface area contributed by atoms with Crippen molar-refractivity contribution >= 4 is 11.6 Å². The molecule has 126 valence electrons. The van der Waals surface area contributed by atoms with Gasteiger partial charge in [-0.15, -0.1) is 0 Å². The van der Waals surface area contributed by atoms with Crippen LogP contribution in [0.25, 0.3) is 0 Å². The summed E-state index contributed by atoms with van der Waals surface area (Å²) in [7, 11) is 3.40. The van der Waals surface area contributed by atoms with Crippen molar-refractivity contribution < 1.29 is 9.53 Å². The van der Waals surface area contributed by atoms with E-state index in [0.29, 0.717) is 5.75 Å². The Morgan fingerprint density at radius 3 is 1.80 bits per heavy atom. The molecule has 0 spiro atoms. The summed E-state index contributed by atoms with van der Waals surface area (Å²) < 4.78 is 5.41. The molecule has 0 aliphatic heterocycles. The van der Waals surface area contributed by atoms with Gasteiger partial charge in [0.25, 0.3) is 0 Å². The van der Waals surface area contributed by atoms with Gasteiger partial charge in [-0.2, -0.15) is 0 Å². The van der Waals surface area contributed by atoms with Crippen LogP contribution >= 0.6 is 0 Å². The lowest BCUT2D eigenvalue weighted by atomic mass is 9.90. The predicted molar refractivity (Wildman–Crippen MR) is 101 cm³/mol. The van der Waals surface area contributed by atoms with E-state index in [1.165, 1.54) is 0 Å². The molecule has 0 radical (unpaired) electrons. The maximum absolute atomic E-state index is 13.4. The van der Waals surface area contributed by atoms with E-state index >= 15 is 0 Å². The number of benzene rings is 3. The molecule has 0 saturated carbocycles. The minimum absolute atomic E-state index is 0.00176. The Kier molecular flexibility index (Phi) is 5.14. The first-order valence-corrected chi connectivity index (χ1v) is 8.23. The quantitative estimate of drug-likeness (QED) is 0.689. The smallest absolute Gasteiger partial charge is 0.238 e. The molecule has 0 bridgehead atoms. The van der Waals surface area contributed by atoms with Gasteiger partial charge >= 0.3 is 0 Å². The third-order valence-electron chi connectivity index (χ3n) is 4.29. The lowest BCUT2D eigenvalue weighted by Gasteiger charge is -2.26. The number of rotatable bonds is 5. The fourth-order valence-electron chi connectivity index (χ4n) is 2.99. The van der Waals surface area contributed by atoms with Gasteiger partial charge in [-0.25, -0.2) is 0 Å². The summed E-state index contributed by atoms with van der Waals surface area (Å²) in [5, 5.41) is 0. The van der Waals surface area contributed by atoms with Crippen LogP contribution in [0.15, 0.2) is 84.9 Å². The first-order valence-electron chi connectivity index (χ1n) is 8.23. The highest BCUT2D eigenvalue weighted by Crippen LogP contribution is 2.32. The monoisotopic (exact) mass is 331 g/mol. The SMILES string of the molecule is COc1ccccc1N(C)C(=O)C(c1ccccc1)c1ccccc1. The maximum Gasteiger partial charge on any atom is 0.238 e. The highest BCUT2D eigenvalue weighted by molar-refractivity contribution is 6.00. The minimum Gasteiger partial charge on any atom is -0.495 e. The molecule has 0 aliphatic rings. The number of anilines is 1. The minimum atomic E-state index is -0.364. The molecule has 3 rings (SSSR count). The van der Waals surface area contributed by atoms with Crippen LogP contribution in [0.4, 0.5) is 5.69 Å². The van der Waals surface area contributed by atoms with Crippen molar-refractivity contribution in [1.82, 2.24) is 0 Å². The Balaban J connectivity index is 2.03. The number of nitrogens with zero attached hydrogens (tertiary/aromatic N) is 1. The van der Waals surface area contributed by atoms with E-state index in [-0.39, 0.29) is 11.8 Å². The topological polar surface area (TPSA) is 29.5 Å². The lowest BCUT2D eigenvalue weighted by Crippen LogP contribution is -2.32. The summed E-state index contributed by atoms with van der Waals surface area (Å²) in [6.07, 6.45) is 0. The van der Waals surface area contributed by atoms with Gasteiger partial charge in [-0.3, -0.25) is 4.79 Å². The Hall–Kier alpha value is -3.07. The van der Waals surface area contributed by atoms with Crippen LogP contribution in [0.3, 0.4) is 0 Å². The second-order valence-electron chi connectivity index (χ2n) is 5.82. The van der Waals surface area contributed by atoms with Crippen molar-refractivity contribution in [2.24, 2.45) is 0 Å². The van der Waals surface area contributed by atoms with Gasteiger partial charge in [-0.1, -0.05) is 72.8 Å². The maximum atomic E-state index is 13.4.